The van der Waals surface area contributed by atoms with Crippen molar-refractivity contribution < 1.29 is 9.59 Å². The first kappa shape index (κ1) is 19.5. The van der Waals surface area contributed by atoms with Crippen LogP contribution in [0.3, 0.4) is 0 Å². The lowest BCUT2D eigenvalue weighted by Gasteiger charge is -2.14. The minimum Gasteiger partial charge on any atom is -0.311 e. The van der Waals surface area contributed by atoms with Crippen molar-refractivity contribution in [1.29, 1.82) is 0 Å². The van der Waals surface area contributed by atoms with Gasteiger partial charge in [0.25, 0.3) is 5.91 Å². The molecule has 0 radical (unpaired) electrons. The van der Waals surface area contributed by atoms with E-state index in [1.54, 1.807) is 30.5 Å². The van der Waals surface area contributed by atoms with Crippen LogP contribution in [-0.2, 0) is 9.59 Å². The Balaban J connectivity index is 1.59. The van der Waals surface area contributed by atoms with Crippen LogP contribution in [0.2, 0.25) is 5.02 Å². The second kappa shape index (κ2) is 8.65. The number of benzene rings is 1. The summed E-state index contributed by atoms with van der Waals surface area (Å²) < 4.78 is 0.446. The summed E-state index contributed by atoms with van der Waals surface area (Å²) in [4.78, 5) is 30.8. The highest BCUT2D eigenvalue weighted by Crippen LogP contribution is 2.32. The van der Waals surface area contributed by atoms with Gasteiger partial charge in [0.05, 0.1) is 4.91 Å². The van der Waals surface area contributed by atoms with Crippen LogP contribution in [0.25, 0.3) is 6.08 Å². The molecule has 0 saturated carbocycles. The molecule has 8 heteroatoms. The molecule has 1 N–H and O–H groups in total. The highest BCUT2D eigenvalue weighted by Gasteiger charge is 2.32. The van der Waals surface area contributed by atoms with Crippen molar-refractivity contribution in [2.75, 3.05) is 11.9 Å². The third-order valence-electron chi connectivity index (χ3n) is 3.78. The molecule has 138 valence electrons. The van der Waals surface area contributed by atoms with Gasteiger partial charge in [-0.2, -0.15) is 0 Å². The van der Waals surface area contributed by atoms with Gasteiger partial charge >= 0.3 is 0 Å². The molecule has 1 aromatic carbocycles. The zero-order valence-corrected chi connectivity index (χ0v) is 16.8. The Kier molecular flexibility index (Phi) is 6.26. The molecule has 5 nitrogen and oxygen atoms in total. The maximum Gasteiger partial charge on any atom is 0.266 e. The number of nitrogens with zero attached hydrogens (tertiary/aromatic N) is 2. The van der Waals surface area contributed by atoms with Gasteiger partial charge in [0.1, 0.15) is 10.1 Å². The number of thiocarbonyl (C=S) groups is 1. The summed E-state index contributed by atoms with van der Waals surface area (Å²) in [5.74, 6) is 0.0712. The van der Waals surface area contributed by atoms with Crippen molar-refractivity contribution in [2.24, 2.45) is 0 Å². The van der Waals surface area contributed by atoms with Gasteiger partial charge in [0, 0.05) is 24.2 Å². The van der Waals surface area contributed by atoms with Crippen molar-refractivity contribution in [3.05, 3.63) is 63.6 Å². The van der Waals surface area contributed by atoms with Crippen LogP contribution in [0.15, 0.2) is 47.5 Å². The quantitative estimate of drug-likeness (QED) is 0.581. The Morgan fingerprint density at radius 1 is 1.30 bits per heavy atom. The maximum atomic E-state index is 12.6. The highest BCUT2D eigenvalue weighted by atomic mass is 35.5. The zero-order valence-electron chi connectivity index (χ0n) is 14.4. The van der Waals surface area contributed by atoms with E-state index in [1.165, 1.54) is 16.7 Å². The van der Waals surface area contributed by atoms with Gasteiger partial charge in [0.2, 0.25) is 5.91 Å². The van der Waals surface area contributed by atoms with Crippen molar-refractivity contribution in [2.45, 2.75) is 13.3 Å². The largest absolute Gasteiger partial charge is 0.311 e. The number of nitrogens with one attached hydrogen (secondary N) is 1. The minimum atomic E-state index is -0.220. The van der Waals surface area contributed by atoms with E-state index in [9.17, 15) is 9.59 Å². The molecule has 2 aromatic rings. The third-order valence-corrected chi connectivity index (χ3v) is 5.41. The number of carbonyl (C=O) groups is 2. The molecule has 3 rings (SSSR count). The van der Waals surface area contributed by atoms with E-state index in [4.69, 9.17) is 23.8 Å². The Labute approximate surface area is 171 Å². The molecule has 0 unspecified atom stereocenters. The summed E-state index contributed by atoms with van der Waals surface area (Å²) in [5, 5.41) is 3.35. The maximum absolute atomic E-state index is 12.6. The number of thioether (sulfide) groups is 1. The Bertz CT molecular complexity index is 912. The van der Waals surface area contributed by atoms with Crippen molar-refractivity contribution in [3.63, 3.8) is 0 Å². The van der Waals surface area contributed by atoms with E-state index in [1.807, 2.05) is 25.1 Å². The average molecular weight is 418 g/mol. The zero-order chi connectivity index (χ0) is 19.4. The molecular weight excluding hydrogens is 402 g/mol. The van der Waals surface area contributed by atoms with Gasteiger partial charge in [-0.15, -0.1) is 0 Å². The highest BCUT2D eigenvalue weighted by molar-refractivity contribution is 8.26. The van der Waals surface area contributed by atoms with Crippen LogP contribution in [0, 0.1) is 6.92 Å². The standard InChI is InChI=1S/C19H16ClN3O2S2/c1-12-2-7-16(21-11-12)22-17(24)8-9-23-18(25)15(27-19(23)26)10-13-3-5-14(20)6-4-13/h2-7,10-11H,8-9H2,1H3,(H,21,22,24)/b15-10-. The van der Waals surface area contributed by atoms with Crippen LogP contribution < -0.4 is 5.32 Å². The summed E-state index contributed by atoms with van der Waals surface area (Å²) in [7, 11) is 0. The number of carbonyl (C=O) groups excluding carboxylic acids is 2. The molecule has 2 amide bonds. The van der Waals surface area contributed by atoms with Crippen LogP contribution in [-0.4, -0.2) is 32.6 Å². The van der Waals surface area contributed by atoms with E-state index in [-0.39, 0.29) is 24.8 Å². The lowest BCUT2D eigenvalue weighted by atomic mass is 10.2. The number of halogens is 1. The van der Waals surface area contributed by atoms with Crippen LogP contribution in [0.4, 0.5) is 5.82 Å². The topological polar surface area (TPSA) is 62.3 Å². The molecular formula is C19H16ClN3O2S2. The second-order valence-electron chi connectivity index (χ2n) is 5.90. The van der Waals surface area contributed by atoms with Gasteiger partial charge in [-0.3, -0.25) is 14.5 Å². The predicted octanol–water partition coefficient (Wildman–Crippen LogP) is 4.27. The van der Waals surface area contributed by atoms with Crippen molar-refractivity contribution >= 4 is 63.6 Å². The van der Waals surface area contributed by atoms with Crippen molar-refractivity contribution in [1.82, 2.24) is 9.88 Å². The summed E-state index contributed by atoms with van der Waals surface area (Å²) in [6.07, 6.45) is 3.58. The summed E-state index contributed by atoms with van der Waals surface area (Å²) in [6.45, 7) is 2.14. The molecule has 1 aromatic heterocycles. The first-order valence-electron chi connectivity index (χ1n) is 8.16. The summed E-state index contributed by atoms with van der Waals surface area (Å²) in [5.41, 5.74) is 1.88. The number of hydrogen-bond acceptors (Lipinski definition) is 5. The first-order chi connectivity index (χ1) is 12.9. The molecule has 1 aliphatic heterocycles. The number of rotatable bonds is 5. The molecule has 2 heterocycles. The number of aromatic nitrogens is 1. The fourth-order valence-corrected chi connectivity index (χ4v) is 3.80. The number of anilines is 1. The Hall–Kier alpha value is -2.22. The molecule has 1 fully saturated rings. The van der Waals surface area contributed by atoms with Gasteiger partial charge in [0.15, 0.2) is 0 Å². The molecule has 0 spiro atoms. The Morgan fingerprint density at radius 3 is 2.70 bits per heavy atom. The van der Waals surface area contributed by atoms with Crippen LogP contribution in [0.5, 0.6) is 0 Å². The summed E-state index contributed by atoms with van der Waals surface area (Å²) >= 11 is 12.4. The van der Waals surface area contributed by atoms with E-state index in [0.717, 1.165) is 11.1 Å². The van der Waals surface area contributed by atoms with E-state index >= 15 is 0 Å². The van der Waals surface area contributed by atoms with Gasteiger partial charge in [-0.25, -0.2) is 4.98 Å². The van der Waals surface area contributed by atoms with E-state index < -0.39 is 0 Å². The number of hydrogen-bond donors (Lipinski definition) is 1. The van der Waals surface area contributed by atoms with Crippen LogP contribution in [0.1, 0.15) is 17.5 Å². The van der Waals surface area contributed by atoms with Gasteiger partial charge in [-0.05, 0) is 42.3 Å². The fraction of sp³-hybridized carbons (Fsp3) is 0.158. The van der Waals surface area contributed by atoms with E-state index in [2.05, 4.69) is 10.3 Å². The minimum absolute atomic E-state index is 0.135. The summed E-state index contributed by atoms with van der Waals surface area (Å²) in [6, 6.07) is 10.8. The molecule has 1 aliphatic rings. The lowest BCUT2D eigenvalue weighted by molar-refractivity contribution is -0.122. The SMILES string of the molecule is Cc1ccc(NC(=O)CCN2C(=O)/C(=C/c3ccc(Cl)cc3)SC2=S)nc1. The second-order valence-corrected chi connectivity index (χ2v) is 8.02. The molecule has 0 bridgehead atoms. The molecule has 27 heavy (non-hydrogen) atoms. The van der Waals surface area contributed by atoms with Gasteiger partial charge in [-0.1, -0.05) is 53.8 Å². The number of amides is 2. The Morgan fingerprint density at radius 2 is 2.04 bits per heavy atom. The van der Waals surface area contributed by atoms with Gasteiger partial charge < -0.3 is 5.32 Å². The predicted molar refractivity (Wildman–Crippen MR) is 114 cm³/mol. The molecule has 0 aliphatic carbocycles. The van der Waals surface area contributed by atoms with E-state index in [0.29, 0.717) is 20.1 Å². The number of aryl methyl sites for hydroxylation is 1. The number of pyridine rings is 1. The third kappa shape index (κ3) is 5.15. The molecule has 0 atom stereocenters. The van der Waals surface area contributed by atoms with Crippen LogP contribution >= 0.6 is 35.6 Å². The lowest BCUT2D eigenvalue weighted by Crippen LogP contribution is -2.31. The van der Waals surface area contributed by atoms with Crippen molar-refractivity contribution in [3.8, 4) is 0 Å². The molecule has 1 saturated heterocycles. The first-order valence-corrected chi connectivity index (χ1v) is 9.76. The average Bonchev–Trinajstić information content (AvgIpc) is 2.90. The normalized spacial score (nSPS) is 15.5. The monoisotopic (exact) mass is 417 g/mol. The smallest absolute Gasteiger partial charge is 0.266 e. The fourth-order valence-electron chi connectivity index (χ4n) is 2.36.